The first-order valence-electron chi connectivity index (χ1n) is 2.79. The summed E-state index contributed by atoms with van der Waals surface area (Å²) >= 11 is 0. The van der Waals surface area contributed by atoms with Gasteiger partial charge < -0.3 is 15.4 Å². The zero-order valence-electron chi connectivity index (χ0n) is 6.03. The predicted octanol–water partition coefficient (Wildman–Crippen LogP) is -0.199. The number of hydrazone groups is 1. The van der Waals surface area contributed by atoms with Crippen LogP contribution in [0.1, 0.15) is 0 Å². The lowest BCUT2D eigenvalue weighted by Crippen LogP contribution is -2.23. The van der Waals surface area contributed by atoms with Crippen molar-refractivity contribution in [1.82, 2.24) is 10.3 Å². The van der Waals surface area contributed by atoms with Gasteiger partial charge >= 0.3 is 6.09 Å². The molecule has 0 rings (SSSR count). The standard InChI is InChI=1S/C5H11N3O2/c1-8(2)7-4-3-6-5(9)10/h4,6H,3H2,1-2H3,(H,9,10). The van der Waals surface area contributed by atoms with Crippen molar-refractivity contribution < 1.29 is 9.90 Å². The normalized spacial score (nSPS) is 9.80. The van der Waals surface area contributed by atoms with E-state index in [2.05, 4.69) is 10.4 Å². The summed E-state index contributed by atoms with van der Waals surface area (Å²) in [6.07, 6.45) is 0.443. The molecule has 0 aliphatic carbocycles. The summed E-state index contributed by atoms with van der Waals surface area (Å²) in [5, 5.41) is 15.6. The number of carboxylic acid groups (broad SMARTS) is 1. The fourth-order valence-corrected chi connectivity index (χ4v) is 0.337. The Labute approximate surface area is 59.3 Å². The molecule has 0 aliphatic rings. The zero-order valence-corrected chi connectivity index (χ0v) is 6.03. The maximum atomic E-state index is 9.86. The second-order valence-corrected chi connectivity index (χ2v) is 1.83. The van der Waals surface area contributed by atoms with Gasteiger partial charge in [-0.05, 0) is 0 Å². The minimum atomic E-state index is -1.04. The van der Waals surface area contributed by atoms with E-state index in [1.54, 1.807) is 19.1 Å². The SMILES string of the molecule is CN(C)N=CCNC(=O)O. The summed E-state index contributed by atoms with van der Waals surface area (Å²) in [5.41, 5.74) is 0. The van der Waals surface area contributed by atoms with Crippen molar-refractivity contribution in [3.8, 4) is 0 Å². The van der Waals surface area contributed by atoms with Crippen LogP contribution in [0.5, 0.6) is 0 Å². The molecule has 0 fully saturated rings. The van der Waals surface area contributed by atoms with Crippen molar-refractivity contribution in [1.29, 1.82) is 0 Å². The molecule has 0 aliphatic heterocycles. The molecule has 1 amide bonds. The van der Waals surface area contributed by atoms with E-state index in [1.165, 1.54) is 6.21 Å². The van der Waals surface area contributed by atoms with Crippen molar-refractivity contribution in [3.63, 3.8) is 0 Å². The number of carbonyl (C=O) groups is 1. The predicted molar refractivity (Wildman–Crippen MR) is 38.2 cm³/mol. The lowest BCUT2D eigenvalue weighted by atomic mass is 10.7. The highest BCUT2D eigenvalue weighted by Gasteiger charge is 1.87. The second kappa shape index (κ2) is 4.60. The number of rotatable bonds is 3. The van der Waals surface area contributed by atoms with Crippen LogP contribution in [0.25, 0.3) is 0 Å². The summed E-state index contributed by atoms with van der Waals surface area (Å²) < 4.78 is 0. The van der Waals surface area contributed by atoms with Crippen LogP contribution in [0.15, 0.2) is 5.10 Å². The van der Waals surface area contributed by atoms with Gasteiger partial charge in [0.15, 0.2) is 0 Å². The highest BCUT2D eigenvalue weighted by molar-refractivity contribution is 5.70. The molecule has 0 spiro atoms. The van der Waals surface area contributed by atoms with E-state index in [0.717, 1.165) is 0 Å². The molecular formula is C5H11N3O2. The molecule has 0 bridgehead atoms. The van der Waals surface area contributed by atoms with Crippen LogP contribution in [0.4, 0.5) is 4.79 Å². The maximum Gasteiger partial charge on any atom is 0.404 e. The summed E-state index contributed by atoms with van der Waals surface area (Å²) in [6, 6.07) is 0. The largest absolute Gasteiger partial charge is 0.465 e. The molecule has 58 valence electrons. The molecule has 0 saturated carbocycles. The third-order valence-corrected chi connectivity index (χ3v) is 0.657. The molecule has 5 heteroatoms. The number of nitrogens with zero attached hydrogens (tertiary/aromatic N) is 2. The molecule has 0 atom stereocenters. The second-order valence-electron chi connectivity index (χ2n) is 1.83. The zero-order chi connectivity index (χ0) is 7.98. The summed E-state index contributed by atoms with van der Waals surface area (Å²) in [7, 11) is 3.52. The van der Waals surface area contributed by atoms with Crippen molar-refractivity contribution in [3.05, 3.63) is 0 Å². The van der Waals surface area contributed by atoms with E-state index < -0.39 is 6.09 Å². The van der Waals surface area contributed by atoms with Crippen LogP contribution in [-0.2, 0) is 0 Å². The third-order valence-electron chi connectivity index (χ3n) is 0.657. The van der Waals surface area contributed by atoms with Crippen LogP contribution >= 0.6 is 0 Å². The van der Waals surface area contributed by atoms with Crippen molar-refractivity contribution in [2.24, 2.45) is 5.10 Å². The molecule has 0 aromatic carbocycles. The first kappa shape index (κ1) is 8.74. The molecule has 2 N–H and O–H groups in total. The molecule has 0 radical (unpaired) electrons. The van der Waals surface area contributed by atoms with Gasteiger partial charge in [-0.1, -0.05) is 0 Å². The molecular weight excluding hydrogens is 134 g/mol. The Kier molecular flexibility index (Phi) is 4.02. The van der Waals surface area contributed by atoms with Gasteiger partial charge in [0.05, 0.1) is 6.54 Å². The minimum Gasteiger partial charge on any atom is -0.465 e. The molecule has 10 heavy (non-hydrogen) atoms. The Bertz CT molecular complexity index is 133. The number of amides is 1. The highest BCUT2D eigenvalue weighted by Crippen LogP contribution is 1.69. The first-order valence-corrected chi connectivity index (χ1v) is 2.79. The van der Waals surface area contributed by atoms with Gasteiger partial charge in [0.25, 0.3) is 0 Å². The van der Waals surface area contributed by atoms with E-state index in [4.69, 9.17) is 5.11 Å². The lowest BCUT2D eigenvalue weighted by Gasteiger charge is -2.01. The van der Waals surface area contributed by atoms with Crippen molar-refractivity contribution >= 4 is 12.3 Å². The van der Waals surface area contributed by atoms with E-state index in [-0.39, 0.29) is 6.54 Å². The molecule has 5 nitrogen and oxygen atoms in total. The summed E-state index contributed by atoms with van der Waals surface area (Å²) in [6.45, 7) is 0.244. The maximum absolute atomic E-state index is 9.86. The van der Waals surface area contributed by atoms with Crippen LogP contribution in [0, 0.1) is 0 Å². The van der Waals surface area contributed by atoms with E-state index in [9.17, 15) is 4.79 Å². The molecule has 0 heterocycles. The van der Waals surface area contributed by atoms with Gasteiger partial charge in [0.2, 0.25) is 0 Å². The molecule has 0 aromatic rings. The van der Waals surface area contributed by atoms with Gasteiger partial charge in [-0.25, -0.2) is 4.79 Å². The van der Waals surface area contributed by atoms with E-state index in [0.29, 0.717) is 0 Å². The van der Waals surface area contributed by atoms with Crippen molar-refractivity contribution in [2.75, 3.05) is 20.6 Å². The quantitative estimate of drug-likeness (QED) is 0.427. The van der Waals surface area contributed by atoms with Crippen LogP contribution in [-0.4, -0.2) is 43.1 Å². The Balaban J connectivity index is 3.27. The Morgan fingerprint density at radius 1 is 1.80 bits per heavy atom. The lowest BCUT2D eigenvalue weighted by molar-refractivity contribution is 0.196. The van der Waals surface area contributed by atoms with Crippen LogP contribution < -0.4 is 5.32 Å². The number of hydrogen-bond donors (Lipinski definition) is 2. The topological polar surface area (TPSA) is 64.9 Å². The van der Waals surface area contributed by atoms with Gasteiger partial charge in [-0.15, -0.1) is 0 Å². The van der Waals surface area contributed by atoms with E-state index >= 15 is 0 Å². The smallest absolute Gasteiger partial charge is 0.404 e. The van der Waals surface area contributed by atoms with Crippen LogP contribution in [0.2, 0.25) is 0 Å². The average Bonchev–Trinajstić information content (AvgIpc) is 1.79. The fraction of sp³-hybridized carbons (Fsp3) is 0.600. The molecule has 0 unspecified atom stereocenters. The van der Waals surface area contributed by atoms with E-state index in [1.807, 2.05) is 0 Å². The van der Waals surface area contributed by atoms with Gasteiger partial charge in [-0.3, -0.25) is 0 Å². The molecule has 0 aromatic heterocycles. The summed E-state index contributed by atoms with van der Waals surface area (Å²) in [5.74, 6) is 0. The Hall–Kier alpha value is -1.26. The average molecular weight is 145 g/mol. The fourth-order valence-electron chi connectivity index (χ4n) is 0.337. The third kappa shape index (κ3) is 6.74. The van der Waals surface area contributed by atoms with Crippen LogP contribution in [0.3, 0.4) is 0 Å². The van der Waals surface area contributed by atoms with Gasteiger partial charge in [0.1, 0.15) is 0 Å². The first-order chi connectivity index (χ1) is 4.63. The van der Waals surface area contributed by atoms with Crippen molar-refractivity contribution in [2.45, 2.75) is 0 Å². The Morgan fingerprint density at radius 2 is 2.40 bits per heavy atom. The Morgan fingerprint density at radius 3 is 2.80 bits per heavy atom. The monoisotopic (exact) mass is 145 g/mol. The molecule has 0 saturated heterocycles. The highest BCUT2D eigenvalue weighted by atomic mass is 16.4. The number of nitrogens with one attached hydrogen (secondary N) is 1. The number of hydrogen-bond acceptors (Lipinski definition) is 3. The van der Waals surface area contributed by atoms with Gasteiger partial charge in [-0.2, -0.15) is 5.10 Å². The summed E-state index contributed by atoms with van der Waals surface area (Å²) in [4.78, 5) is 9.86. The minimum absolute atomic E-state index is 0.244. The van der Waals surface area contributed by atoms with Gasteiger partial charge in [0, 0.05) is 20.3 Å².